The van der Waals surface area contributed by atoms with Gasteiger partial charge in [0.1, 0.15) is 24.2 Å². The number of rotatable bonds is 19. The van der Waals surface area contributed by atoms with E-state index in [0.29, 0.717) is 38.8 Å². The number of unbranched alkanes of at least 4 members (excludes halogenated alkanes) is 1. The molecule has 3 aliphatic rings. The smallest absolute Gasteiger partial charge is 0.410 e. The summed E-state index contributed by atoms with van der Waals surface area (Å²) in [6.07, 6.45) is 2.70. The highest BCUT2D eigenvalue weighted by atomic mass is 16.6. The van der Waals surface area contributed by atoms with Gasteiger partial charge >= 0.3 is 6.09 Å². The summed E-state index contributed by atoms with van der Waals surface area (Å²) in [4.78, 5) is 109. The van der Waals surface area contributed by atoms with Crippen LogP contribution in [0, 0.1) is 11.8 Å². The molecule has 0 aromatic heterocycles. The van der Waals surface area contributed by atoms with Crippen molar-refractivity contribution in [1.82, 2.24) is 36.4 Å². The summed E-state index contributed by atoms with van der Waals surface area (Å²) in [5.74, 6) is -4.72. The van der Waals surface area contributed by atoms with Crippen molar-refractivity contribution in [1.29, 1.82) is 0 Å². The average Bonchev–Trinajstić information content (AvgIpc) is 3.90. The van der Waals surface area contributed by atoms with E-state index in [1.807, 2.05) is 31.2 Å². The topological polar surface area (TPSA) is 212 Å². The summed E-state index contributed by atoms with van der Waals surface area (Å²) in [7, 11) is 1.54. The number of ketones is 1. The molecule has 2 unspecified atom stereocenters. The monoisotopic (exact) mass is 795 g/mol. The van der Waals surface area contributed by atoms with Gasteiger partial charge in [0, 0.05) is 45.4 Å². The first kappa shape index (κ1) is 44.7. The second-order valence-corrected chi connectivity index (χ2v) is 16.0. The summed E-state index contributed by atoms with van der Waals surface area (Å²) in [5, 5.41) is 13.5. The van der Waals surface area contributed by atoms with Crippen LogP contribution in [0.15, 0.2) is 24.3 Å². The van der Waals surface area contributed by atoms with E-state index in [2.05, 4.69) is 26.6 Å². The van der Waals surface area contributed by atoms with Gasteiger partial charge in [-0.2, -0.15) is 0 Å². The number of amides is 7. The van der Waals surface area contributed by atoms with Crippen LogP contribution in [0.3, 0.4) is 0 Å². The van der Waals surface area contributed by atoms with E-state index in [0.717, 1.165) is 24.0 Å². The van der Waals surface area contributed by atoms with Crippen molar-refractivity contribution in [3.63, 3.8) is 0 Å². The highest BCUT2D eigenvalue weighted by Gasteiger charge is 2.46. The lowest BCUT2D eigenvalue weighted by molar-refractivity contribution is -0.144. The summed E-state index contributed by atoms with van der Waals surface area (Å²) in [5.41, 5.74) is 2.16. The molecule has 1 saturated heterocycles. The molecule has 7 amide bonds. The number of Topliss-reactive ketones (excluding diaryl/α,β-unsaturated/α-hetero) is 1. The minimum absolute atomic E-state index is 0.0572. The maximum absolute atomic E-state index is 14.5. The highest BCUT2D eigenvalue weighted by molar-refractivity contribution is 6.38. The second-order valence-electron chi connectivity index (χ2n) is 16.0. The first-order valence-corrected chi connectivity index (χ1v) is 20.4. The van der Waals surface area contributed by atoms with Crippen LogP contribution in [0.2, 0.25) is 0 Å². The zero-order chi connectivity index (χ0) is 41.8. The Kier molecular flexibility index (Phi) is 16.4. The van der Waals surface area contributed by atoms with Gasteiger partial charge in [-0.15, -0.1) is 0 Å². The fraction of sp³-hybridized carbons (Fsp3) is 0.659. The van der Waals surface area contributed by atoms with Crippen LogP contribution in [0.1, 0.15) is 104 Å². The molecule has 16 heteroatoms. The number of hydrogen-bond acceptors (Lipinski definition) is 9. The van der Waals surface area contributed by atoms with Crippen LogP contribution >= 0.6 is 0 Å². The number of benzene rings is 1. The van der Waals surface area contributed by atoms with Crippen molar-refractivity contribution in [3.05, 3.63) is 35.4 Å². The van der Waals surface area contributed by atoms with E-state index in [9.17, 15) is 38.4 Å². The molecule has 57 heavy (non-hydrogen) atoms. The molecule has 0 bridgehead atoms. The van der Waals surface area contributed by atoms with Crippen LogP contribution in [0.4, 0.5) is 4.79 Å². The van der Waals surface area contributed by atoms with E-state index in [1.165, 1.54) is 4.90 Å². The average molecular weight is 796 g/mol. The van der Waals surface area contributed by atoms with Gasteiger partial charge in [-0.05, 0) is 61.5 Å². The highest BCUT2D eigenvalue weighted by Crippen LogP contribution is 2.26. The van der Waals surface area contributed by atoms with Gasteiger partial charge in [-0.3, -0.25) is 33.6 Å². The number of likely N-dealkylation sites (tertiary alicyclic amines) is 1. The lowest BCUT2D eigenvalue weighted by atomic mass is 9.98. The minimum atomic E-state index is -1.19. The Bertz CT molecular complexity index is 1650. The molecule has 1 aliphatic carbocycles. The zero-order valence-electron chi connectivity index (χ0n) is 34.2. The van der Waals surface area contributed by atoms with Crippen LogP contribution in [0.25, 0.3) is 0 Å². The van der Waals surface area contributed by atoms with Gasteiger partial charge in [-0.1, -0.05) is 65.3 Å². The Morgan fingerprint density at radius 1 is 0.842 bits per heavy atom. The van der Waals surface area contributed by atoms with E-state index in [-0.39, 0.29) is 56.0 Å². The molecule has 2 fully saturated rings. The number of carbonyl (C=O) groups excluding carboxylic acids is 8. The molecule has 0 spiro atoms. The fourth-order valence-electron chi connectivity index (χ4n) is 7.12. The summed E-state index contributed by atoms with van der Waals surface area (Å²) >= 11 is 0. The van der Waals surface area contributed by atoms with Crippen LogP contribution < -0.4 is 26.6 Å². The molecule has 1 aromatic carbocycles. The van der Waals surface area contributed by atoms with Crippen LogP contribution in [0.5, 0.6) is 0 Å². The van der Waals surface area contributed by atoms with Crippen LogP contribution in [-0.2, 0) is 51.3 Å². The fourth-order valence-corrected chi connectivity index (χ4v) is 7.12. The molecule has 2 heterocycles. The third kappa shape index (κ3) is 12.7. The molecule has 2 aliphatic heterocycles. The van der Waals surface area contributed by atoms with Crippen molar-refractivity contribution in [2.45, 2.75) is 142 Å². The predicted molar refractivity (Wildman–Crippen MR) is 210 cm³/mol. The molecule has 314 valence electrons. The maximum Gasteiger partial charge on any atom is 0.410 e. The minimum Gasteiger partial charge on any atom is -0.444 e. The Hall–Kier alpha value is -5.02. The van der Waals surface area contributed by atoms with Gasteiger partial charge in [-0.25, -0.2) is 4.79 Å². The van der Waals surface area contributed by atoms with Crippen LogP contribution in [-0.4, -0.2) is 114 Å². The zero-order valence-corrected chi connectivity index (χ0v) is 34.2. The normalized spacial score (nSPS) is 19.2. The van der Waals surface area contributed by atoms with Crippen molar-refractivity contribution in [3.8, 4) is 0 Å². The first-order valence-electron chi connectivity index (χ1n) is 20.4. The predicted octanol–water partition coefficient (Wildman–Crippen LogP) is 1.87. The van der Waals surface area contributed by atoms with E-state index in [4.69, 9.17) is 4.74 Å². The number of nitrogens with one attached hydrogen (secondary N) is 5. The maximum atomic E-state index is 14.5. The van der Waals surface area contributed by atoms with Gasteiger partial charge in [0.05, 0.1) is 12.6 Å². The third-order valence-corrected chi connectivity index (χ3v) is 10.7. The van der Waals surface area contributed by atoms with Gasteiger partial charge in [0.25, 0.3) is 5.91 Å². The van der Waals surface area contributed by atoms with Gasteiger partial charge in [0.15, 0.2) is 0 Å². The van der Waals surface area contributed by atoms with Crippen molar-refractivity contribution in [2.24, 2.45) is 11.8 Å². The number of carbonyl (C=O) groups is 8. The third-order valence-electron chi connectivity index (χ3n) is 10.7. The Morgan fingerprint density at radius 3 is 2.11 bits per heavy atom. The molecule has 1 saturated carbocycles. The number of hydrogen-bond donors (Lipinski definition) is 5. The summed E-state index contributed by atoms with van der Waals surface area (Å²) in [6, 6.07) is 3.34. The van der Waals surface area contributed by atoms with Crippen molar-refractivity contribution < 1.29 is 43.1 Å². The molecular formula is C41H61N7O9. The molecule has 0 radical (unpaired) electrons. The molecular weight excluding hydrogens is 734 g/mol. The molecule has 5 atom stereocenters. The molecule has 1 aromatic rings. The van der Waals surface area contributed by atoms with Crippen molar-refractivity contribution in [2.75, 3.05) is 20.1 Å². The Labute approximate surface area is 335 Å². The lowest BCUT2D eigenvalue weighted by Gasteiger charge is -2.32. The SMILES string of the molecule is CCCC(NC(=O)C1C[C@@H](OC(=O)N2CCc3ccccc3C2)CN1C(=O)[C@@H](NC(=O)[C@@H](NC(=O)CCCCC(=O)NC)C(C)C)C(C)C)C(=O)C(=O)NC1CC1. The van der Waals surface area contributed by atoms with E-state index < -0.39 is 71.7 Å². The van der Waals surface area contributed by atoms with Gasteiger partial charge < -0.3 is 41.1 Å². The lowest BCUT2D eigenvalue weighted by Crippen LogP contribution is -2.59. The Balaban J connectivity index is 1.50. The standard InChI is InChI=1S/C41H61N7O9/c1-7-12-30(36(51)39(54)43-28-17-18-28)44-37(52)31-21-29(57-41(56)47-20-19-26-13-8-9-14-27(26)22-47)23-48(31)40(55)35(25(4)5)46-38(53)34(24(2)3)45-33(50)16-11-10-15-32(49)42-6/h8-9,13-14,24-25,28-31,34-35H,7,10-12,15-23H2,1-6H3,(H,42,49)(H,43,54)(H,44,52)(H,45,50)(H,46,53)/t29-,30?,31?,34+,35+/m1/s1. The second kappa shape index (κ2) is 20.9. The summed E-state index contributed by atoms with van der Waals surface area (Å²) in [6.45, 7) is 9.46. The summed E-state index contributed by atoms with van der Waals surface area (Å²) < 4.78 is 5.94. The van der Waals surface area contributed by atoms with Crippen molar-refractivity contribution >= 4 is 47.3 Å². The van der Waals surface area contributed by atoms with E-state index in [1.54, 1.807) is 39.6 Å². The number of nitrogens with zero attached hydrogens (tertiary/aromatic N) is 2. The number of ether oxygens (including phenoxy) is 1. The molecule has 5 N–H and O–H groups in total. The molecule has 4 rings (SSSR count). The van der Waals surface area contributed by atoms with E-state index >= 15 is 0 Å². The number of fused-ring (bicyclic) bond motifs is 1. The van der Waals surface area contributed by atoms with Gasteiger partial charge in [0.2, 0.25) is 35.3 Å². The quantitative estimate of drug-likeness (QED) is 0.102. The Morgan fingerprint density at radius 2 is 1.49 bits per heavy atom. The first-order chi connectivity index (χ1) is 27.1. The largest absolute Gasteiger partial charge is 0.444 e. The molecule has 16 nitrogen and oxygen atoms in total.